The number of hydrogen-bond acceptors (Lipinski definition) is 5. The minimum Gasteiger partial charge on any atom is -0.393 e. The lowest BCUT2D eigenvalue weighted by atomic mass is 9.91. The van der Waals surface area contributed by atoms with Gasteiger partial charge in [-0.3, -0.25) is 10.1 Å². The van der Waals surface area contributed by atoms with E-state index in [-0.39, 0.29) is 5.02 Å². The summed E-state index contributed by atoms with van der Waals surface area (Å²) in [6.07, 6.45) is 0.0919. The largest absolute Gasteiger partial charge is 0.393 e. The van der Waals surface area contributed by atoms with E-state index in [4.69, 9.17) is 16.7 Å². The molecule has 1 aliphatic rings. The van der Waals surface area contributed by atoms with Crippen molar-refractivity contribution in [1.82, 2.24) is 4.72 Å². The van der Waals surface area contributed by atoms with Gasteiger partial charge in [0.25, 0.3) is 5.69 Å². The van der Waals surface area contributed by atoms with Crippen LogP contribution in [0.5, 0.6) is 0 Å². The molecule has 0 radical (unpaired) electrons. The lowest BCUT2D eigenvalue weighted by Crippen LogP contribution is -2.46. The van der Waals surface area contributed by atoms with E-state index in [1.807, 2.05) is 0 Å². The number of nitrogens with zero attached hydrogens (tertiary/aromatic N) is 1. The van der Waals surface area contributed by atoms with Gasteiger partial charge in [-0.05, 0) is 25.0 Å². The molecule has 0 bridgehead atoms. The van der Waals surface area contributed by atoms with Crippen molar-refractivity contribution in [2.45, 2.75) is 29.9 Å². The molecule has 0 aliphatic heterocycles. The predicted octanol–water partition coefficient (Wildman–Crippen LogP) is 1.05. The van der Waals surface area contributed by atoms with Crippen molar-refractivity contribution in [3.63, 3.8) is 0 Å². The fraction of sp³-hybridized carbons (Fsp3) is 0.400. The third-order valence-corrected chi connectivity index (χ3v) is 4.65. The molecule has 0 heterocycles. The molecule has 1 aromatic rings. The first kappa shape index (κ1) is 14.2. The van der Waals surface area contributed by atoms with Crippen LogP contribution in [0.2, 0.25) is 5.02 Å². The van der Waals surface area contributed by atoms with Crippen LogP contribution >= 0.6 is 11.6 Å². The molecular weight excluding hydrogens is 296 g/mol. The quantitative estimate of drug-likeness (QED) is 0.638. The number of nitrogens with one attached hydrogen (secondary N) is 1. The molecule has 2 rings (SSSR count). The highest BCUT2D eigenvalue weighted by molar-refractivity contribution is 7.89. The van der Waals surface area contributed by atoms with E-state index in [2.05, 4.69) is 4.72 Å². The Bertz CT molecular complexity index is 612. The Balaban J connectivity index is 2.32. The molecule has 0 unspecified atom stereocenters. The molecule has 0 atom stereocenters. The molecule has 0 amide bonds. The van der Waals surface area contributed by atoms with Crippen LogP contribution in [-0.2, 0) is 10.0 Å². The zero-order chi connectivity index (χ0) is 14.2. The second-order valence-electron chi connectivity index (χ2n) is 4.31. The number of hydrogen-bond donors (Lipinski definition) is 2. The predicted molar refractivity (Wildman–Crippen MR) is 67.5 cm³/mol. The van der Waals surface area contributed by atoms with Crippen LogP contribution in [0.1, 0.15) is 12.8 Å². The van der Waals surface area contributed by atoms with E-state index < -0.39 is 37.7 Å². The number of nitro benzene ring substituents is 1. The standard InChI is InChI=1S/C10H11ClN2O5S/c11-6-1-2-10(9(3-6)13(15)16)19(17,18)12-7-4-8(14)5-7/h1-3,7-8,12,14H,4-5H2. The van der Waals surface area contributed by atoms with Crippen LogP contribution in [0.3, 0.4) is 0 Å². The fourth-order valence-electron chi connectivity index (χ4n) is 1.83. The lowest BCUT2D eigenvalue weighted by Gasteiger charge is -2.31. The average molecular weight is 307 g/mol. The van der Waals surface area contributed by atoms with Gasteiger partial charge in [-0.25, -0.2) is 13.1 Å². The highest BCUT2D eigenvalue weighted by atomic mass is 35.5. The van der Waals surface area contributed by atoms with Crippen LogP contribution < -0.4 is 4.72 Å². The Hall–Kier alpha value is -1.22. The normalized spacial score (nSPS) is 22.8. The summed E-state index contributed by atoms with van der Waals surface area (Å²) < 4.78 is 26.4. The van der Waals surface area contributed by atoms with Crippen LogP contribution in [0.15, 0.2) is 23.1 Å². The van der Waals surface area contributed by atoms with E-state index in [1.165, 1.54) is 6.07 Å². The van der Waals surface area contributed by atoms with E-state index in [0.717, 1.165) is 12.1 Å². The van der Waals surface area contributed by atoms with Crippen LogP contribution in [0.25, 0.3) is 0 Å². The molecule has 1 aliphatic carbocycles. The third-order valence-electron chi connectivity index (χ3n) is 2.84. The van der Waals surface area contributed by atoms with Crippen molar-refractivity contribution in [3.05, 3.63) is 33.3 Å². The van der Waals surface area contributed by atoms with Gasteiger partial charge in [-0.15, -0.1) is 0 Å². The van der Waals surface area contributed by atoms with Gasteiger partial charge in [0.1, 0.15) is 0 Å². The van der Waals surface area contributed by atoms with Gasteiger partial charge >= 0.3 is 0 Å². The zero-order valence-corrected chi connectivity index (χ0v) is 11.2. The van der Waals surface area contributed by atoms with E-state index in [9.17, 15) is 18.5 Å². The molecule has 0 spiro atoms. The Morgan fingerprint density at radius 2 is 2.05 bits per heavy atom. The summed E-state index contributed by atoms with van der Waals surface area (Å²) in [5.74, 6) is 0. The summed E-state index contributed by atoms with van der Waals surface area (Å²) in [6, 6.07) is 2.97. The number of sulfonamides is 1. The molecule has 9 heteroatoms. The maximum atomic E-state index is 12.0. The SMILES string of the molecule is O=[N+]([O-])c1cc(Cl)ccc1S(=O)(=O)NC1CC(O)C1. The number of nitro groups is 1. The van der Waals surface area contributed by atoms with Crippen LogP contribution in [0.4, 0.5) is 5.69 Å². The smallest absolute Gasteiger partial charge is 0.290 e. The van der Waals surface area contributed by atoms with Crippen molar-refractivity contribution in [2.75, 3.05) is 0 Å². The summed E-state index contributed by atoms with van der Waals surface area (Å²) in [7, 11) is -4.00. The Morgan fingerprint density at radius 3 is 2.58 bits per heavy atom. The first-order valence-corrected chi connectivity index (χ1v) is 7.30. The molecular formula is C10H11ClN2O5S. The topological polar surface area (TPSA) is 110 Å². The Kier molecular flexibility index (Phi) is 3.77. The van der Waals surface area contributed by atoms with E-state index >= 15 is 0 Å². The van der Waals surface area contributed by atoms with Gasteiger partial charge < -0.3 is 5.11 Å². The molecule has 1 aromatic carbocycles. The highest BCUT2D eigenvalue weighted by Gasteiger charge is 2.34. The maximum Gasteiger partial charge on any atom is 0.290 e. The summed E-state index contributed by atoms with van der Waals surface area (Å²) in [5.41, 5.74) is -0.570. The average Bonchev–Trinajstić information content (AvgIpc) is 2.26. The maximum absolute atomic E-state index is 12.0. The van der Waals surface area contributed by atoms with Gasteiger partial charge in [0.2, 0.25) is 10.0 Å². The summed E-state index contributed by atoms with van der Waals surface area (Å²) in [6.45, 7) is 0. The fourth-order valence-corrected chi connectivity index (χ4v) is 3.41. The van der Waals surface area contributed by atoms with E-state index in [1.54, 1.807) is 0 Å². The molecule has 19 heavy (non-hydrogen) atoms. The van der Waals surface area contributed by atoms with Gasteiger partial charge in [-0.2, -0.15) is 0 Å². The van der Waals surface area contributed by atoms with Crippen LogP contribution in [0, 0.1) is 10.1 Å². The summed E-state index contributed by atoms with van der Waals surface area (Å²) >= 11 is 5.62. The first-order chi connectivity index (χ1) is 8.79. The van der Waals surface area contributed by atoms with Crippen LogP contribution in [-0.4, -0.2) is 30.6 Å². The molecule has 1 saturated carbocycles. The van der Waals surface area contributed by atoms with Crippen molar-refractivity contribution in [3.8, 4) is 0 Å². The summed E-state index contributed by atoms with van der Waals surface area (Å²) in [4.78, 5) is 9.63. The Morgan fingerprint density at radius 1 is 1.42 bits per heavy atom. The molecule has 0 saturated heterocycles. The van der Waals surface area contributed by atoms with Crippen molar-refractivity contribution in [1.29, 1.82) is 0 Å². The molecule has 104 valence electrons. The van der Waals surface area contributed by atoms with Crippen molar-refractivity contribution >= 4 is 27.3 Å². The monoisotopic (exact) mass is 306 g/mol. The van der Waals surface area contributed by atoms with Gasteiger partial charge in [0.15, 0.2) is 4.90 Å². The van der Waals surface area contributed by atoms with Gasteiger partial charge in [0, 0.05) is 17.1 Å². The third kappa shape index (κ3) is 3.03. The number of halogens is 1. The van der Waals surface area contributed by atoms with E-state index in [0.29, 0.717) is 12.8 Å². The number of aliphatic hydroxyl groups excluding tert-OH is 1. The second kappa shape index (κ2) is 5.04. The lowest BCUT2D eigenvalue weighted by molar-refractivity contribution is -0.387. The first-order valence-electron chi connectivity index (χ1n) is 5.44. The molecule has 0 aromatic heterocycles. The van der Waals surface area contributed by atoms with Crippen molar-refractivity contribution in [2.24, 2.45) is 0 Å². The minimum absolute atomic E-state index is 0.0877. The molecule has 2 N–H and O–H groups in total. The van der Waals surface area contributed by atoms with Crippen molar-refractivity contribution < 1.29 is 18.4 Å². The minimum atomic E-state index is -4.00. The Labute approximate surface area is 114 Å². The van der Waals surface area contributed by atoms with Gasteiger partial charge in [-0.1, -0.05) is 11.6 Å². The highest BCUT2D eigenvalue weighted by Crippen LogP contribution is 2.29. The number of aliphatic hydroxyl groups is 1. The zero-order valence-electron chi connectivity index (χ0n) is 9.61. The van der Waals surface area contributed by atoms with Gasteiger partial charge in [0.05, 0.1) is 11.0 Å². The number of benzene rings is 1. The number of rotatable bonds is 4. The summed E-state index contributed by atoms with van der Waals surface area (Å²) in [5, 5.41) is 20.0. The molecule has 7 nitrogen and oxygen atoms in total. The molecule has 1 fully saturated rings. The second-order valence-corrected chi connectivity index (χ2v) is 6.43.